The van der Waals surface area contributed by atoms with Crippen molar-refractivity contribution in [1.29, 1.82) is 0 Å². The molecule has 5 heterocycles. The van der Waals surface area contributed by atoms with E-state index < -0.39 is 0 Å². The fraction of sp³-hybridized carbons (Fsp3) is 0.133. The Hall–Kier alpha value is -5.18. The highest BCUT2D eigenvalue weighted by atomic mass is 16.1. The van der Waals surface area contributed by atoms with Gasteiger partial charge in [0.25, 0.3) is 5.91 Å². The highest BCUT2D eigenvalue weighted by molar-refractivity contribution is 6.01. The summed E-state index contributed by atoms with van der Waals surface area (Å²) in [6, 6.07) is 18.2. The zero-order chi connectivity index (χ0) is 26.8. The molecule has 1 aromatic carbocycles. The summed E-state index contributed by atoms with van der Waals surface area (Å²) in [6.45, 7) is 4.61. The number of nitrogens with one attached hydrogen (secondary N) is 2. The molecule has 0 aliphatic rings. The minimum absolute atomic E-state index is 0.205. The third-order valence-corrected chi connectivity index (χ3v) is 6.61. The standard InChI is InChI=1S/C30H26N8O/c1-19(2)38-18-35-37-29(38)22-7-5-21(6-8-22)23-12-24(17-32-16-23)25-9-11-33-28-26(25)13-27(36-28)30(39)34-15-20-4-3-10-31-14-20/h3-14,16-19H,15H2,1-2H3,(H,33,36)(H,34,39). The first kappa shape index (κ1) is 24.2. The third kappa shape index (κ3) is 4.89. The number of aromatic amines is 1. The summed E-state index contributed by atoms with van der Waals surface area (Å²) in [5.74, 6) is 0.637. The van der Waals surface area contributed by atoms with E-state index in [-0.39, 0.29) is 11.9 Å². The van der Waals surface area contributed by atoms with E-state index in [4.69, 9.17) is 0 Å². The second-order valence-corrected chi connectivity index (χ2v) is 9.54. The van der Waals surface area contributed by atoms with Crippen LogP contribution in [0.25, 0.3) is 44.7 Å². The van der Waals surface area contributed by atoms with Gasteiger partial charge in [0.2, 0.25) is 0 Å². The van der Waals surface area contributed by atoms with Crippen LogP contribution >= 0.6 is 0 Å². The van der Waals surface area contributed by atoms with Crippen LogP contribution in [0.5, 0.6) is 0 Å². The molecule has 0 saturated carbocycles. The van der Waals surface area contributed by atoms with E-state index in [0.717, 1.165) is 44.6 Å². The van der Waals surface area contributed by atoms with Gasteiger partial charge < -0.3 is 14.9 Å². The molecule has 5 aromatic heterocycles. The van der Waals surface area contributed by atoms with Crippen molar-refractivity contribution in [3.05, 3.63) is 103 Å². The van der Waals surface area contributed by atoms with Crippen LogP contribution in [0.15, 0.2) is 91.9 Å². The van der Waals surface area contributed by atoms with E-state index >= 15 is 0 Å². The Balaban J connectivity index is 1.27. The average molecular weight is 515 g/mol. The Morgan fingerprint density at radius 2 is 1.74 bits per heavy atom. The topological polar surface area (TPSA) is 114 Å². The van der Waals surface area contributed by atoms with E-state index in [2.05, 4.69) is 84.2 Å². The van der Waals surface area contributed by atoms with Crippen LogP contribution in [-0.4, -0.2) is 40.6 Å². The Labute approximate surface area is 225 Å². The molecule has 6 aromatic rings. The molecule has 0 bridgehead atoms. The molecule has 0 aliphatic carbocycles. The fourth-order valence-electron chi connectivity index (χ4n) is 4.57. The van der Waals surface area contributed by atoms with Gasteiger partial charge >= 0.3 is 0 Å². The number of amides is 1. The lowest BCUT2D eigenvalue weighted by molar-refractivity contribution is 0.0946. The highest BCUT2D eigenvalue weighted by Crippen LogP contribution is 2.31. The summed E-state index contributed by atoms with van der Waals surface area (Å²) in [5.41, 5.74) is 6.93. The van der Waals surface area contributed by atoms with Gasteiger partial charge in [-0.1, -0.05) is 30.3 Å². The maximum atomic E-state index is 12.8. The van der Waals surface area contributed by atoms with Crippen molar-refractivity contribution in [2.75, 3.05) is 0 Å². The number of H-pyrrole nitrogens is 1. The lowest BCUT2D eigenvalue weighted by atomic mass is 10.00. The first-order valence-electron chi connectivity index (χ1n) is 12.7. The van der Waals surface area contributed by atoms with Crippen molar-refractivity contribution >= 4 is 16.9 Å². The first-order chi connectivity index (χ1) is 19.1. The summed E-state index contributed by atoms with van der Waals surface area (Å²) in [7, 11) is 0. The molecular weight excluding hydrogens is 488 g/mol. The number of rotatable bonds is 7. The molecule has 2 N–H and O–H groups in total. The van der Waals surface area contributed by atoms with Crippen LogP contribution < -0.4 is 5.32 Å². The lowest BCUT2D eigenvalue weighted by Crippen LogP contribution is -2.23. The van der Waals surface area contributed by atoms with Crippen molar-refractivity contribution in [3.8, 4) is 33.6 Å². The Morgan fingerprint density at radius 1 is 0.923 bits per heavy atom. The maximum Gasteiger partial charge on any atom is 0.268 e. The summed E-state index contributed by atoms with van der Waals surface area (Å²) in [6.07, 6.45) is 10.6. The molecule has 0 spiro atoms. The summed E-state index contributed by atoms with van der Waals surface area (Å²) < 4.78 is 2.05. The van der Waals surface area contributed by atoms with Gasteiger partial charge in [-0.05, 0) is 54.8 Å². The monoisotopic (exact) mass is 514 g/mol. The van der Waals surface area contributed by atoms with Gasteiger partial charge in [-0.15, -0.1) is 10.2 Å². The minimum Gasteiger partial charge on any atom is -0.347 e. The van der Waals surface area contributed by atoms with E-state index in [0.29, 0.717) is 17.9 Å². The van der Waals surface area contributed by atoms with E-state index in [1.165, 1.54) is 0 Å². The predicted molar refractivity (Wildman–Crippen MR) is 150 cm³/mol. The van der Waals surface area contributed by atoms with Crippen molar-refractivity contribution in [1.82, 2.24) is 40.0 Å². The number of benzene rings is 1. The predicted octanol–water partition coefficient (Wildman–Crippen LogP) is 5.46. The quantitative estimate of drug-likeness (QED) is 0.293. The molecular formula is C30H26N8O. The first-order valence-corrected chi connectivity index (χ1v) is 12.7. The largest absolute Gasteiger partial charge is 0.347 e. The number of hydrogen-bond donors (Lipinski definition) is 2. The molecule has 0 aliphatic heterocycles. The molecule has 9 nitrogen and oxygen atoms in total. The number of fused-ring (bicyclic) bond motifs is 1. The van der Waals surface area contributed by atoms with Crippen LogP contribution in [0.3, 0.4) is 0 Å². The normalized spacial score (nSPS) is 11.3. The van der Waals surface area contributed by atoms with E-state index in [1.807, 2.05) is 36.7 Å². The highest BCUT2D eigenvalue weighted by Gasteiger charge is 2.15. The smallest absolute Gasteiger partial charge is 0.268 e. The van der Waals surface area contributed by atoms with Crippen molar-refractivity contribution in [2.24, 2.45) is 0 Å². The van der Waals surface area contributed by atoms with Crippen LogP contribution in [0.2, 0.25) is 0 Å². The summed E-state index contributed by atoms with van der Waals surface area (Å²) >= 11 is 0. The van der Waals surface area contributed by atoms with Gasteiger partial charge in [-0.2, -0.15) is 0 Å². The molecule has 0 unspecified atom stereocenters. The van der Waals surface area contributed by atoms with E-state index in [1.54, 1.807) is 24.9 Å². The van der Waals surface area contributed by atoms with E-state index in [9.17, 15) is 4.79 Å². The summed E-state index contributed by atoms with van der Waals surface area (Å²) in [5, 5.41) is 12.2. The van der Waals surface area contributed by atoms with Crippen molar-refractivity contribution in [2.45, 2.75) is 26.4 Å². The minimum atomic E-state index is -0.205. The number of aromatic nitrogens is 7. The number of carbonyl (C=O) groups is 1. The van der Waals surface area contributed by atoms with Crippen LogP contribution in [0.4, 0.5) is 0 Å². The average Bonchev–Trinajstić information content (AvgIpc) is 3.65. The number of hydrogen-bond acceptors (Lipinski definition) is 6. The molecule has 1 amide bonds. The number of carbonyl (C=O) groups excluding carboxylic acids is 1. The second kappa shape index (κ2) is 10.3. The van der Waals surface area contributed by atoms with Gasteiger partial charge in [-0.3, -0.25) is 14.8 Å². The third-order valence-electron chi connectivity index (χ3n) is 6.61. The lowest BCUT2D eigenvalue weighted by Gasteiger charge is -2.11. The Bertz CT molecular complexity index is 1750. The second-order valence-electron chi connectivity index (χ2n) is 9.54. The maximum absolute atomic E-state index is 12.8. The molecule has 9 heteroatoms. The molecule has 0 atom stereocenters. The number of pyridine rings is 3. The van der Waals surface area contributed by atoms with Gasteiger partial charge in [0.15, 0.2) is 5.82 Å². The van der Waals surface area contributed by atoms with Crippen LogP contribution in [-0.2, 0) is 6.54 Å². The molecule has 39 heavy (non-hydrogen) atoms. The Morgan fingerprint density at radius 3 is 2.54 bits per heavy atom. The molecule has 0 saturated heterocycles. The van der Waals surface area contributed by atoms with Gasteiger partial charge in [0.1, 0.15) is 17.7 Å². The van der Waals surface area contributed by atoms with Gasteiger partial charge in [0, 0.05) is 65.6 Å². The molecule has 0 fully saturated rings. The zero-order valence-electron chi connectivity index (χ0n) is 21.5. The Kier molecular flexibility index (Phi) is 6.38. The van der Waals surface area contributed by atoms with Crippen LogP contribution in [0, 0.1) is 0 Å². The SMILES string of the molecule is CC(C)n1cnnc1-c1ccc(-c2cncc(-c3ccnc4[nH]c(C(=O)NCc5cccnc5)cc34)c2)cc1. The van der Waals surface area contributed by atoms with Gasteiger partial charge in [-0.25, -0.2) is 4.98 Å². The van der Waals surface area contributed by atoms with Crippen molar-refractivity contribution < 1.29 is 4.79 Å². The zero-order valence-corrected chi connectivity index (χ0v) is 21.5. The van der Waals surface area contributed by atoms with Crippen LogP contribution in [0.1, 0.15) is 35.9 Å². The number of nitrogens with zero attached hydrogens (tertiary/aromatic N) is 6. The summed E-state index contributed by atoms with van der Waals surface area (Å²) in [4.78, 5) is 29.0. The fourth-order valence-corrected chi connectivity index (χ4v) is 4.57. The molecule has 0 radical (unpaired) electrons. The molecule has 6 rings (SSSR count). The van der Waals surface area contributed by atoms with Crippen molar-refractivity contribution in [3.63, 3.8) is 0 Å². The van der Waals surface area contributed by atoms with Gasteiger partial charge in [0.05, 0.1) is 0 Å². The molecule has 192 valence electrons.